The number of pyridine rings is 1. The lowest BCUT2D eigenvalue weighted by molar-refractivity contribution is 0.135. The molecule has 1 aliphatic rings. The standard InChI is InChI=1S/C24H25FN4O2/c25-21-9-4-10-22(16-21)31-23-20(8-5-11-26-23)17-27-24(30)29-14-12-28(13-15-29)18-19-6-2-1-3-7-19/h1-11,16H,12-15,17-18H2,(H,27,30). The van der Waals surface area contributed by atoms with Crippen LogP contribution >= 0.6 is 0 Å². The third-order valence-corrected chi connectivity index (χ3v) is 5.20. The summed E-state index contributed by atoms with van der Waals surface area (Å²) in [6, 6.07) is 19.7. The van der Waals surface area contributed by atoms with Crippen molar-refractivity contribution in [2.24, 2.45) is 0 Å². The first-order valence-corrected chi connectivity index (χ1v) is 10.3. The summed E-state index contributed by atoms with van der Waals surface area (Å²) in [4.78, 5) is 21.0. The Bertz CT molecular complexity index is 1010. The van der Waals surface area contributed by atoms with Crippen LogP contribution in [0.3, 0.4) is 0 Å². The molecule has 0 bridgehead atoms. The van der Waals surface area contributed by atoms with E-state index in [1.165, 1.54) is 17.7 Å². The van der Waals surface area contributed by atoms with Crippen molar-refractivity contribution in [1.82, 2.24) is 20.1 Å². The minimum Gasteiger partial charge on any atom is -0.439 e. The first-order chi connectivity index (χ1) is 15.2. The molecular weight excluding hydrogens is 395 g/mol. The van der Waals surface area contributed by atoms with E-state index in [2.05, 4.69) is 27.3 Å². The van der Waals surface area contributed by atoms with E-state index in [9.17, 15) is 9.18 Å². The molecule has 2 heterocycles. The summed E-state index contributed by atoms with van der Waals surface area (Å²) < 4.78 is 19.1. The topological polar surface area (TPSA) is 57.7 Å². The highest BCUT2D eigenvalue weighted by molar-refractivity contribution is 5.74. The van der Waals surface area contributed by atoms with Crippen molar-refractivity contribution in [2.45, 2.75) is 13.1 Å². The fourth-order valence-corrected chi connectivity index (χ4v) is 3.53. The minimum atomic E-state index is -0.380. The van der Waals surface area contributed by atoms with Gasteiger partial charge in [-0.05, 0) is 23.8 Å². The molecule has 0 spiro atoms. The van der Waals surface area contributed by atoms with Gasteiger partial charge >= 0.3 is 6.03 Å². The lowest BCUT2D eigenvalue weighted by atomic mass is 10.2. The van der Waals surface area contributed by atoms with Crippen LogP contribution in [0.25, 0.3) is 0 Å². The van der Waals surface area contributed by atoms with E-state index in [1.54, 1.807) is 24.4 Å². The Morgan fingerprint density at radius 1 is 1.00 bits per heavy atom. The molecule has 160 valence electrons. The first kappa shape index (κ1) is 20.8. The normalized spacial score (nSPS) is 14.3. The van der Waals surface area contributed by atoms with Crippen molar-refractivity contribution < 1.29 is 13.9 Å². The molecule has 0 atom stereocenters. The van der Waals surface area contributed by atoms with Gasteiger partial charge in [-0.1, -0.05) is 42.5 Å². The molecule has 1 aromatic heterocycles. The highest BCUT2D eigenvalue weighted by Crippen LogP contribution is 2.23. The van der Waals surface area contributed by atoms with Gasteiger partial charge in [-0.15, -0.1) is 0 Å². The quantitative estimate of drug-likeness (QED) is 0.654. The third-order valence-electron chi connectivity index (χ3n) is 5.20. The second kappa shape index (κ2) is 10.0. The van der Waals surface area contributed by atoms with E-state index in [0.717, 1.165) is 25.2 Å². The fourth-order valence-electron chi connectivity index (χ4n) is 3.53. The number of benzene rings is 2. The van der Waals surface area contributed by atoms with E-state index in [1.807, 2.05) is 29.2 Å². The number of carbonyl (C=O) groups is 1. The molecule has 1 N–H and O–H groups in total. The molecule has 7 heteroatoms. The van der Waals surface area contributed by atoms with Gasteiger partial charge < -0.3 is 15.0 Å². The summed E-state index contributed by atoms with van der Waals surface area (Å²) in [6.45, 7) is 4.21. The molecule has 0 aliphatic carbocycles. The van der Waals surface area contributed by atoms with Gasteiger partial charge in [-0.3, -0.25) is 4.90 Å². The Hall–Kier alpha value is -3.45. The van der Waals surface area contributed by atoms with Crippen molar-refractivity contribution in [3.8, 4) is 11.6 Å². The smallest absolute Gasteiger partial charge is 0.317 e. The van der Waals surface area contributed by atoms with Gasteiger partial charge in [-0.2, -0.15) is 0 Å². The monoisotopic (exact) mass is 420 g/mol. The number of nitrogens with zero attached hydrogens (tertiary/aromatic N) is 3. The SMILES string of the molecule is O=C(NCc1cccnc1Oc1cccc(F)c1)N1CCN(Cc2ccccc2)CC1. The Kier molecular flexibility index (Phi) is 6.74. The van der Waals surface area contributed by atoms with Crippen molar-refractivity contribution in [1.29, 1.82) is 0 Å². The molecule has 1 saturated heterocycles. The maximum absolute atomic E-state index is 13.4. The number of ether oxygens (including phenoxy) is 1. The molecule has 2 aromatic carbocycles. The highest BCUT2D eigenvalue weighted by Gasteiger charge is 2.21. The van der Waals surface area contributed by atoms with E-state index in [0.29, 0.717) is 24.7 Å². The van der Waals surface area contributed by atoms with Crippen molar-refractivity contribution >= 4 is 6.03 Å². The van der Waals surface area contributed by atoms with Crippen LogP contribution in [0.4, 0.5) is 9.18 Å². The fraction of sp³-hybridized carbons (Fsp3) is 0.250. The zero-order valence-corrected chi connectivity index (χ0v) is 17.2. The van der Waals surface area contributed by atoms with Crippen LogP contribution < -0.4 is 10.1 Å². The Labute approximate surface area is 181 Å². The van der Waals surface area contributed by atoms with E-state index >= 15 is 0 Å². The van der Waals surface area contributed by atoms with Gasteiger partial charge in [0.1, 0.15) is 11.6 Å². The van der Waals surface area contributed by atoms with Crippen LogP contribution in [0.1, 0.15) is 11.1 Å². The van der Waals surface area contributed by atoms with Gasteiger partial charge in [0.2, 0.25) is 5.88 Å². The van der Waals surface area contributed by atoms with E-state index in [4.69, 9.17) is 4.74 Å². The van der Waals surface area contributed by atoms with Crippen LogP contribution in [0, 0.1) is 5.82 Å². The molecule has 2 amide bonds. The van der Waals surface area contributed by atoms with Crippen LogP contribution in [0.2, 0.25) is 0 Å². The Morgan fingerprint density at radius 3 is 2.58 bits per heavy atom. The number of aromatic nitrogens is 1. The second-order valence-corrected chi connectivity index (χ2v) is 7.43. The molecule has 1 aliphatic heterocycles. The molecule has 3 aromatic rings. The Balaban J connectivity index is 1.28. The van der Waals surface area contributed by atoms with Crippen LogP contribution in [-0.2, 0) is 13.1 Å². The largest absolute Gasteiger partial charge is 0.439 e. The molecule has 1 fully saturated rings. The maximum Gasteiger partial charge on any atom is 0.317 e. The number of nitrogens with one attached hydrogen (secondary N) is 1. The number of urea groups is 1. The summed E-state index contributed by atoms with van der Waals surface area (Å²) in [7, 11) is 0. The third kappa shape index (κ3) is 5.79. The minimum absolute atomic E-state index is 0.111. The van der Waals surface area contributed by atoms with Gasteiger partial charge in [-0.25, -0.2) is 14.2 Å². The van der Waals surface area contributed by atoms with Gasteiger partial charge in [0.05, 0.1) is 0 Å². The summed E-state index contributed by atoms with van der Waals surface area (Å²) in [5, 5.41) is 2.95. The van der Waals surface area contributed by atoms with Crippen LogP contribution in [0.15, 0.2) is 72.9 Å². The van der Waals surface area contributed by atoms with Crippen LogP contribution in [0.5, 0.6) is 11.6 Å². The van der Waals surface area contributed by atoms with Crippen molar-refractivity contribution in [2.75, 3.05) is 26.2 Å². The number of hydrogen-bond donors (Lipinski definition) is 1. The molecule has 6 nitrogen and oxygen atoms in total. The first-order valence-electron chi connectivity index (χ1n) is 10.3. The molecule has 0 unspecified atom stereocenters. The average Bonchev–Trinajstić information content (AvgIpc) is 2.79. The van der Waals surface area contributed by atoms with Gasteiger partial charge in [0, 0.05) is 57.1 Å². The molecule has 0 radical (unpaired) electrons. The lowest BCUT2D eigenvalue weighted by Gasteiger charge is -2.34. The number of carbonyl (C=O) groups excluding carboxylic acids is 1. The number of hydrogen-bond acceptors (Lipinski definition) is 4. The van der Waals surface area contributed by atoms with Gasteiger partial charge in [0.15, 0.2) is 0 Å². The Morgan fingerprint density at radius 2 is 1.81 bits per heavy atom. The zero-order valence-electron chi connectivity index (χ0n) is 17.2. The predicted molar refractivity (Wildman–Crippen MR) is 116 cm³/mol. The number of piperazine rings is 1. The van der Waals surface area contributed by atoms with E-state index < -0.39 is 0 Å². The lowest BCUT2D eigenvalue weighted by Crippen LogP contribution is -2.51. The summed E-state index contributed by atoms with van der Waals surface area (Å²) in [5.41, 5.74) is 2.01. The van der Waals surface area contributed by atoms with E-state index in [-0.39, 0.29) is 18.4 Å². The summed E-state index contributed by atoms with van der Waals surface area (Å²) in [5.74, 6) is 0.330. The number of amides is 2. The van der Waals surface area contributed by atoms with Crippen LogP contribution in [-0.4, -0.2) is 47.0 Å². The molecule has 4 rings (SSSR count). The summed E-state index contributed by atoms with van der Waals surface area (Å²) >= 11 is 0. The van der Waals surface area contributed by atoms with Gasteiger partial charge in [0.25, 0.3) is 0 Å². The second-order valence-electron chi connectivity index (χ2n) is 7.43. The zero-order chi connectivity index (χ0) is 21.5. The van der Waals surface area contributed by atoms with Crippen molar-refractivity contribution in [3.05, 3.63) is 89.9 Å². The molecular formula is C24H25FN4O2. The summed E-state index contributed by atoms with van der Waals surface area (Å²) in [6.07, 6.45) is 1.60. The molecule has 31 heavy (non-hydrogen) atoms. The number of rotatable bonds is 6. The maximum atomic E-state index is 13.4. The number of halogens is 1. The average molecular weight is 420 g/mol. The van der Waals surface area contributed by atoms with Crippen molar-refractivity contribution in [3.63, 3.8) is 0 Å². The highest BCUT2D eigenvalue weighted by atomic mass is 19.1. The predicted octanol–water partition coefficient (Wildman–Crippen LogP) is 4.04. The molecule has 0 saturated carbocycles.